The zero-order chi connectivity index (χ0) is 35.1. The third-order valence-electron chi connectivity index (χ3n) is 8.80. The summed E-state index contributed by atoms with van der Waals surface area (Å²) in [6.45, 7) is 11.0. The molecular weight excluding hydrogens is 618 g/mol. The lowest BCUT2D eigenvalue weighted by Crippen LogP contribution is -2.55. The highest BCUT2D eigenvalue weighted by molar-refractivity contribution is 5.74. The standard InChI is InChI=1S/C34H41F8N3O/c1-10-43-32(18(2)3,22(7)45-17-23(13-14-44(8)9)26(16-27(45)46)34(40,41)42)29-30(35)20(5)15-24(31(29)36)28-19(4)11-12-25(21(28)6)33(37,38)39/h11-12,15-18,22,43H,10,13-14H2,1-9H3/t22-,32+/m0/s1. The third-order valence-corrected chi connectivity index (χ3v) is 8.80. The number of halogens is 8. The number of hydrogen-bond acceptors (Lipinski definition) is 3. The highest BCUT2D eigenvalue weighted by Crippen LogP contribution is 2.47. The Hall–Kier alpha value is -3.25. The molecular formula is C34H41F8N3O. The molecule has 46 heavy (non-hydrogen) atoms. The highest BCUT2D eigenvalue weighted by atomic mass is 19.4. The number of aromatic nitrogens is 1. The molecule has 3 rings (SSSR count). The first-order valence-corrected chi connectivity index (χ1v) is 15.0. The first-order valence-electron chi connectivity index (χ1n) is 15.0. The molecule has 0 spiro atoms. The van der Waals surface area contributed by atoms with Crippen LogP contribution in [-0.4, -0.2) is 36.7 Å². The van der Waals surface area contributed by atoms with E-state index in [2.05, 4.69) is 5.32 Å². The smallest absolute Gasteiger partial charge is 0.310 e. The molecule has 0 fully saturated rings. The minimum Gasteiger partial charge on any atom is -0.310 e. The van der Waals surface area contributed by atoms with Crippen LogP contribution in [0.15, 0.2) is 35.3 Å². The Bertz CT molecular complexity index is 1640. The van der Waals surface area contributed by atoms with Gasteiger partial charge in [-0.1, -0.05) is 26.8 Å². The van der Waals surface area contributed by atoms with Gasteiger partial charge in [-0.2, -0.15) is 26.3 Å². The van der Waals surface area contributed by atoms with E-state index in [1.54, 1.807) is 39.8 Å². The van der Waals surface area contributed by atoms with Crippen LogP contribution < -0.4 is 10.9 Å². The maximum absolute atomic E-state index is 17.0. The number of likely N-dealkylation sites (N-methyl/N-ethyl adjacent to an activating group) is 2. The van der Waals surface area contributed by atoms with E-state index in [9.17, 15) is 31.1 Å². The minimum absolute atomic E-state index is 0.0452. The molecule has 2 aromatic carbocycles. The summed E-state index contributed by atoms with van der Waals surface area (Å²) in [6.07, 6.45) is -8.50. The fourth-order valence-electron chi connectivity index (χ4n) is 6.52. The summed E-state index contributed by atoms with van der Waals surface area (Å²) in [6, 6.07) is 2.63. The van der Waals surface area contributed by atoms with Crippen molar-refractivity contribution in [3.63, 3.8) is 0 Å². The predicted molar refractivity (Wildman–Crippen MR) is 164 cm³/mol. The van der Waals surface area contributed by atoms with Gasteiger partial charge < -0.3 is 14.8 Å². The van der Waals surface area contributed by atoms with E-state index in [4.69, 9.17) is 0 Å². The van der Waals surface area contributed by atoms with Crippen molar-refractivity contribution in [1.82, 2.24) is 14.8 Å². The van der Waals surface area contributed by atoms with Gasteiger partial charge in [0, 0.05) is 29.9 Å². The summed E-state index contributed by atoms with van der Waals surface area (Å²) in [5.41, 5.74) is -5.74. The van der Waals surface area contributed by atoms with Gasteiger partial charge >= 0.3 is 12.4 Å². The van der Waals surface area contributed by atoms with Gasteiger partial charge in [0.05, 0.1) is 22.7 Å². The van der Waals surface area contributed by atoms with Crippen molar-refractivity contribution in [2.45, 2.75) is 78.8 Å². The van der Waals surface area contributed by atoms with Crippen LogP contribution in [-0.2, 0) is 24.3 Å². The van der Waals surface area contributed by atoms with E-state index in [0.717, 1.165) is 22.9 Å². The van der Waals surface area contributed by atoms with Crippen LogP contribution >= 0.6 is 0 Å². The van der Waals surface area contributed by atoms with Gasteiger partial charge in [-0.3, -0.25) is 4.79 Å². The fourth-order valence-corrected chi connectivity index (χ4v) is 6.52. The lowest BCUT2D eigenvalue weighted by molar-refractivity contribution is -0.139. The van der Waals surface area contributed by atoms with Gasteiger partial charge in [0.2, 0.25) is 0 Å². The Labute approximate surface area is 264 Å². The number of nitrogens with one attached hydrogen (secondary N) is 1. The van der Waals surface area contributed by atoms with Gasteiger partial charge in [0.25, 0.3) is 5.56 Å². The van der Waals surface area contributed by atoms with E-state index < -0.39 is 63.7 Å². The number of aryl methyl sites for hydroxylation is 2. The second-order valence-electron chi connectivity index (χ2n) is 12.4. The molecule has 0 amide bonds. The summed E-state index contributed by atoms with van der Waals surface area (Å²) in [5, 5.41) is 3.15. The Morgan fingerprint density at radius 2 is 1.46 bits per heavy atom. The van der Waals surface area contributed by atoms with E-state index in [0.29, 0.717) is 11.6 Å². The normalized spacial score (nSPS) is 14.7. The van der Waals surface area contributed by atoms with Crippen molar-refractivity contribution in [3.05, 3.63) is 91.4 Å². The number of nitrogens with zero attached hydrogens (tertiary/aromatic N) is 2. The van der Waals surface area contributed by atoms with E-state index >= 15 is 8.78 Å². The van der Waals surface area contributed by atoms with Crippen LogP contribution in [0, 0.1) is 38.3 Å². The molecule has 1 N–H and O–H groups in total. The number of alkyl halides is 6. The maximum atomic E-state index is 17.0. The average Bonchev–Trinajstić information content (AvgIpc) is 2.92. The Morgan fingerprint density at radius 3 is 1.96 bits per heavy atom. The Morgan fingerprint density at radius 1 is 0.870 bits per heavy atom. The van der Waals surface area contributed by atoms with Crippen LogP contribution in [0.2, 0.25) is 0 Å². The largest absolute Gasteiger partial charge is 0.416 e. The molecule has 0 aliphatic carbocycles. The van der Waals surface area contributed by atoms with Crippen molar-refractivity contribution in [2.75, 3.05) is 27.2 Å². The molecule has 0 aliphatic rings. The van der Waals surface area contributed by atoms with Gasteiger partial charge in [0.15, 0.2) is 0 Å². The summed E-state index contributed by atoms with van der Waals surface area (Å²) in [4.78, 5) is 15.1. The van der Waals surface area contributed by atoms with E-state index in [-0.39, 0.29) is 47.3 Å². The SMILES string of the molecule is CCN[C@](c1c(F)c(C)cc(-c2c(C)ccc(C(F)(F)F)c2C)c1F)(C(C)C)[C@H](C)n1cc(CCN(C)C)c(C(F)(F)F)cc1=O. The molecule has 0 bridgehead atoms. The topological polar surface area (TPSA) is 37.3 Å². The van der Waals surface area contributed by atoms with Crippen molar-refractivity contribution < 1.29 is 35.1 Å². The second kappa shape index (κ2) is 13.5. The molecule has 0 saturated carbocycles. The molecule has 4 nitrogen and oxygen atoms in total. The van der Waals surface area contributed by atoms with Crippen LogP contribution in [0.1, 0.15) is 72.7 Å². The predicted octanol–water partition coefficient (Wildman–Crippen LogP) is 8.58. The number of hydrogen-bond donors (Lipinski definition) is 1. The number of pyridine rings is 1. The van der Waals surface area contributed by atoms with Gasteiger partial charge in [-0.25, -0.2) is 8.78 Å². The average molecular weight is 660 g/mol. The van der Waals surface area contributed by atoms with Crippen molar-refractivity contribution in [3.8, 4) is 11.1 Å². The van der Waals surface area contributed by atoms with Crippen molar-refractivity contribution in [2.24, 2.45) is 5.92 Å². The van der Waals surface area contributed by atoms with Crippen LogP contribution in [0.5, 0.6) is 0 Å². The molecule has 2 atom stereocenters. The monoisotopic (exact) mass is 659 g/mol. The Balaban J connectivity index is 2.46. The molecule has 1 aromatic heterocycles. The van der Waals surface area contributed by atoms with Crippen molar-refractivity contribution in [1.29, 1.82) is 0 Å². The summed E-state index contributed by atoms with van der Waals surface area (Å²) in [5.74, 6) is -2.77. The highest BCUT2D eigenvalue weighted by Gasteiger charge is 2.47. The first kappa shape index (κ1) is 37.2. The molecule has 0 radical (unpaired) electrons. The molecule has 254 valence electrons. The van der Waals surface area contributed by atoms with Crippen LogP contribution in [0.3, 0.4) is 0 Å². The summed E-state index contributed by atoms with van der Waals surface area (Å²) >= 11 is 0. The van der Waals surface area contributed by atoms with E-state index in [1.165, 1.54) is 33.8 Å². The molecule has 0 aliphatic heterocycles. The van der Waals surface area contributed by atoms with Gasteiger partial charge in [0.1, 0.15) is 11.6 Å². The molecule has 0 saturated heterocycles. The zero-order valence-electron chi connectivity index (χ0n) is 27.5. The van der Waals surface area contributed by atoms with Gasteiger partial charge in [-0.05, 0) is 101 Å². The molecule has 1 heterocycles. The quantitative estimate of drug-likeness (QED) is 0.222. The summed E-state index contributed by atoms with van der Waals surface area (Å²) in [7, 11) is 3.38. The van der Waals surface area contributed by atoms with Crippen molar-refractivity contribution >= 4 is 0 Å². The molecule has 3 aromatic rings. The van der Waals surface area contributed by atoms with Crippen LogP contribution in [0.4, 0.5) is 35.1 Å². The Kier molecular flexibility index (Phi) is 10.9. The lowest BCUT2D eigenvalue weighted by Gasteiger charge is -2.45. The third kappa shape index (κ3) is 6.88. The van der Waals surface area contributed by atoms with Gasteiger partial charge in [-0.15, -0.1) is 0 Å². The van der Waals surface area contributed by atoms with Crippen LogP contribution in [0.25, 0.3) is 11.1 Å². The first-order chi connectivity index (χ1) is 21.1. The minimum atomic E-state index is -4.82. The number of rotatable bonds is 10. The molecule has 0 unspecified atom stereocenters. The fraction of sp³-hybridized carbons (Fsp3) is 0.500. The lowest BCUT2D eigenvalue weighted by atomic mass is 9.72. The maximum Gasteiger partial charge on any atom is 0.416 e. The van der Waals surface area contributed by atoms with E-state index in [1.807, 2.05) is 0 Å². The second-order valence-corrected chi connectivity index (χ2v) is 12.4. The summed E-state index contributed by atoms with van der Waals surface area (Å²) < 4.78 is 118. The zero-order valence-corrected chi connectivity index (χ0v) is 27.5. The molecule has 12 heteroatoms. The number of benzene rings is 2.